The fourth-order valence-electron chi connectivity index (χ4n) is 3.58. The third-order valence-corrected chi connectivity index (χ3v) is 6.94. The van der Waals surface area contributed by atoms with E-state index in [0.29, 0.717) is 4.09 Å². The molecule has 1 saturated heterocycles. The maximum atomic E-state index is 14.0. The Labute approximate surface area is 174 Å². The number of halogens is 5. The van der Waals surface area contributed by atoms with Crippen LogP contribution in [0.2, 0.25) is 5.02 Å². The third kappa shape index (κ3) is 3.41. The molecule has 0 bridgehead atoms. The molecule has 1 fully saturated rings. The topological polar surface area (TPSA) is 55.2 Å². The van der Waals surface area contributed by atoms with Gasteiger partial charge in [-0.05, 0) is 31.2 Å². The van der Waals surface area contributed by atoms with Crippen molar-refractivity contribution in [1.29, 1.82) is 0 Å². The van der Waals surface area contributed by atoms with Gasteiger partial charge in [0.1, 0.15) is 0 Å². The van der Waals surface area contributed by atoms with Gasteiger partial charge in [0.05, 0.1) is 33.4 Å². The summed E-state index contributed by atoms with van der Waals surface area (Å²) in [5.74, 6) is -3.68. The molecular weight excluding hydrogens is 446 g/mol. The molecule has 11 heteroatoms. The summed E-state index contributed by atoms with van der Waals surface area (Å²) in [6.07, 6.45) is -4.14. The molecule has 0 saturated carbocycles. The third-order valence-electron chi connectivity index (χ3n) is 5.03. The predicted octanol–water partition coefficient (Wildman–Crippen LogP) is 4.71. The lowest BCUT2D eigenvalue weighted by atomic mass is 10.2. The number of benzene rings is 2. The van der Waals surface area contributed by atoms with Crippen molar-refractivity contribution in [2.45, 2.75) is 36.6 Å². The average molecular weight is 462 g/mol. The van der Waals surface area contributed by atoms with E-state index in [1.165, 1.54) is 30.3 Å². The second kappa shape index (κ2) is 7.12. The molecule has 0 aliphatic carbocycles. The van der Waals surface area contributed by atoms with Gasteiger partial charge in [0.25, 0.3) is 22.4 Å². The number of alkyl halides is 4. The van der Waals surface area contributed by atoms with Crippen LogP contribution in [0.4, 0.5) is 23.4 Å². The molecule has 4 rings (SSSR count). The highest BCUT2D eigenvalue weighted by Gasteiger charge is 2.50. The highest BCUT2D eigenvalue weighted by molar-refractivity contribution is 7.90. The summed E-state index contributed by atoms with van der Waals surface area (Å²) in [6.45, 7) is 0.777. The number of anilines is 1. The van der Waals surface area contributed by atoms with Crippen molar-refractivity contribution < 1.29 is 26.0 Å². The molecule has 160 valence electrons. The van der Waals surface area contributed by atoms with E-state index in [-0.39, 0.29) is 26.6 Å². The summed E-state index contributed by atoms with van der Waals surface area (Å²) in [7, 11) is -4.23. The molecule has 0 radical (unpaired) electrons. The van der Waals surface area contributed by atoms with Crippen LogP contribution in [-0.2, 0) is 10.0 Å². The number of hydrogen-bond donors (Lipinski definition) is 0. The zero-order valence-electron chi connectivity index (χ0n) is 15.6. The first-order valence-electron chi connectivity index (χ1n) is 8.93. The van der Waals surface area contributed by atoms with Crippen LogP contribution < -0.4 is 4.90 Å². The minimum atomic E-state index is -4.23. The maximum absolute atomic E-state index is 14.0. The highest BCUT2D eigenvalue weighted by atomic mass is 35.5. The Morgan fingerprint density at radius 2 is 1.83 bits per heavy atom. The van der Waals surface area contributed by atoms with Gasteiger partial charge in [-0.2, -0.15) is 12.5 Å². The summed E-state index contributed by atoms with van der Waals surface area (Å²) in [5.41, 5.74) is 0.850. The minimum Gasteiger partial charge on any atom is -0.340 e. The Kier molecular flexibility index (Phi) is 4.97. The van der Waals surface area contributed by atoms with E-state index in [0.717, 1.165) is 10.5 Å². The zero-order valence-corrected chi connectivity index (χ0v) is 17.1. The fraction of sp³-hybridized carbons (Fsp3) is 0.316. The molecule has 0 unspecified atom stereocenters. The number of rotatable bonds is 4. The summed E-state index contributed by atoms with van der Waals surface area (Å²) in [6, 6.07) is 8.44. The Morgan fingerprint density at radius 1 is 1.17 bits per heavy atom. The Hall–Kier alpha value is -2.33. The first-order chi connectivity index (χ1) is 14.0. The van der Waals surface area contributed by atoms with Crippen LogP contribution in [0, 0.1) is 6.92 Å². The first kappa shape index (κ1) is 20.9. The van der Waals surface area contributed by atoms with Crippen LogP contribution in [-0.4, -0.2) is 42.5 Å². The molecule has 1 atom stereocenters. The van der Waals surface area contributed by atoms with Crippen LogP contribution in [0.3, 0.4) is 0 Å². The smallest absolute Gasteiger partial charge is 0.283 e. The Morgan fingerprint density at radius 3 is 2.47 bits per heavy atom. The lowest BCUT2D eigenvalue weighted by Gasteiger charge is -2.23. The zero-order chi connectivity index (χ0) is 21.8. The van der Waals surface area contributed by atoms with Crippen molar-refractivity contribution in [1.82, 2.24) is 9.19 Å². The molecule has 3 aromatic rings. The molecular formula is C19H16ClF4N3O2S. The van der Waals surface area contributed by atoms with Gasteiger partial charge in [0.15, 0.2) is 5.82 Å². The Bertz CT molecular complexity index is 1210. The number of hydrogen-bond acceptors (Lipinski definition) is 4. The van der Waals surface area contributed by atoms with Crippen LogP contribution in [0.25, 0.3) is 10.9 Å². The van der Waals surface area contributed by atoms with Crippen molar-refractivity contribution in [3.8, 4) is 0 Å². The largest absolute Gasteiger partial charge is 0.340 e. The summed E-state index contributed by atoms with van der Waals surface area (Å²) >= 11 is 6.22. The van der Waals surface area contributed by atoms with Crippen molar-refractivity contribution in [2.24, 2.45) is 0 Å². The molecule has 1 aliphatic rings. The molecule has 0 amide bonds. The van der Waals surface area contributed by atoms with Crippen molar-refractivity contribution >= 4 is 38.3 Å². The van der Waals surface area contributed by atoms with Crippen LogP contribution in [0.1, 0.15) is 12.0 Å². The second-order valence-corrected chi connectivity index (χ2v) is 9.38. The van der Waals surface area contributed by atoms with Crippen molar-refractivity contribution in [3.05, 3.63) is 53.1 Å². The van der Waals surface area contributed by atoms with Gasteiger partial charge in [0.2, 0.25) is 0 Å². The summed E-state index contributed by atoms with van der Waals surface area (Å²) in [4.78, 5) is 0.668. The van der Waals surface area contributed by atoms with Gasteiger partial charge in [-0.3, -0.25) is 0 Å². The van der Waals surface area contributed by atoms with Gasteiger partial charge in [0, 0.05) is 6.42 Å². The van der Waals surface area contributed by atoms with Crippen LogP contribution in [0.5, 0.6) is 0 Å². The molecule has 30 heavy (non-hydrogen) atoms. The van der Waals surface area contributed by atoms with Gasteiger partial charge in [-0.15, -0.1) is 5.10 Å². The molecule has 1 aromatic heterocycles. The average Bonchev–Trinajstić information content (AvgIpc) is 3.21. The summed E-state index contributed by atoms with van der Waals surface area (Å²) in [5, 5.41) is 4.05. The van der Waals surface area contributed by atoms with Crippen molar-refractivity contribution in [2.75, 3.05) is 11.4 Å². The van der Waals surface area contributed by atoms with E-state index < -0.39 is 41.4 Å². The fourth-order valence-corrected chi connectivity index (χ4v) is 5.11. The number of nitrogens with zero attached hydrogens (tertiary/aromatic N) is 3. The number of aryl methyl sites for hydroxylation is 1. The molecule has 2 heterocycles. The van der Waals surface area contributed by atoms with E-state index in [2.05, 4.69) is 5.10 Å². The van der Waals surface area contributed by atoms with Gasteiger partial charge in [-0.25, -0.2) is 17.6 Å². The Balaban J connectivity index is 1.95. The molecule has 1 aliphatic heterocycles. The summed E-state index contributed by atoms with van der Waals surface area (Å²) < 4.78 is 82.0. The molecule has 2 aromatic carbocycles. The van der Waals surface area contributed by atoms with Crippen LogP contribution >= 0.6 is 11.6 Å². The quantitative estimate of drug-likeness (QED) is 0.528. The van der Waals surface area contributed by atoms with Gasteiger partial charge >= 0.3 is 0 Å². The highest BCUT2D eigenvalue weighted by Crippen LogP contribution is 2.42. The van der Waals surface area contributed by atoms with Crippen molar-refractivity contribution in [3.63, 3.8) is 0 Å². The van der Waals surface area contributed by atoms with E-state index in [1.54, 1.807) is 19.1 Å². The molecule has 0 spiro atoms. The number of fused-ring (bicyclic) bond motifs is 1. The lowest BCUT2D eigenvalue weighted by molar-refractivity contribution is 0.0111. The lowest BCUT2D eigenvalue weighted by Crippen LogP contribution is -2.36. The molecule has 5 nitrogen and oxygen atoms in total. The second-order valence-electron chi connectivity index (χ2n) is 7.21. The van der Waals surface area contributed by atoms with Crippen LogP contribution in [0.15, 0.2) is 47.4 Å². The minimum absolute atomic E-state index is 0.0151. The van der Waals surface area contributed by atoms with Gasteiger partial charge < -0.3 is 4.90 Å². The van der Waals surface area contributed by atoms with Gasteiger partial charge in [-0.1, -0.05) is 35.4 Å². The maximum Gasteiger partial charge on any atom is 0.283 e. The van der Waals surface area contributed by atoms with E-state index in [4.69, 9.17) is 11.6 Å². The van der Waals surface area contributed by atoms with E-state index in [1.807, 2.05) is 0 Å². The molecule has 0 N–H and O–H groups in total. The van der Waals surface area contributed by atoms with E-state index >= 15 is 0 Å². The number of aromatic nitrogens is 2. The SMILES string of the molecule is Cc1ccc(S(=O)(=O)n2nc(N3CC(F)(F)C[C@@H]3C(F)F)c3c(Cl)cccc32)cc1. The standard InChI is InChI=1S/C19H16ClF4N3O2S/c1-11-5-7-12(8-6-11)30(28,29)27-14-4-2-3-13(20)16(14)18(25-27)26-10-19(23,24)9-15(26)17(21)22/h2-8,15,17H,9-10H2,1H3/t15-/m1/s1. The normalized spacial score (nSPS) is 19.2. The monoisotopic (exact) mass is 461 g/mol. The van der Waals surface area contributed by atoms with E-state index in [9.17, 15) is 26.0 Å². The predicted molar refractivity (Wildman–Crippen MR) is 105 cm³/mol. The first-order valence-corrected chi connectivity index (χ1v) is 10.8.